The Bertz CT molecular complexity index is 903. The van der Waals surface area contributed by atoms with Crippen molar-refractivity contribution >= 4 is 28.6 Å². The van der Waals surface area contributed by atoms with E-state index in [-0.39, 0.29) is 12.5 Å². The van der Waals surface area contributed by atoms with E-state index >= 15 is 0 Å². The number of amides is 1. The second kappa shape index (κ2) is 6.25. The predicted molar refractivity (Wildman–Crippen MR) is 90.9 cm³/mol. The van der Waals surface area contributed by atoms with E-state index in [1.54, 1.807) is 36.0 Å². The van der Waals surface area contributed by atoms with Gasteiger partial charge in [-0.05, 0) is 12.1 Å². The number of anilines is 2. The average molecular weight is 326 g/mol. The van der Waals surface area contributed by atoms with E-state index in [1.165, 1.54) is 6.33 Å². The Morgan fingerprint density at radius 3 is 2.83 bits per heavy atom. The smallest absolute Gasteiger partial charge is 0.273 e. The molecule has 124 valence electrons. The number of pyridine rings is 1. The van der Waals surface area contributed by atoms with E-state index in [4.69, 9.17) is 0 Å². The zero-order valence-corrected chi connectivity index (χ0v) is 13.7. The third-order valence-electron chi connectivity index (χ3n) is 3.75. The molecule has 8 nitrogen and oxygen atoms in total. The molecule has 3 heterocycles. The summed E-state index contributed by atoms with van der Waals surface area (Å²) in [5.41, 5.74) is 1.66. The lowest BCUT2D eigenvalue weighted by Gasteiger charge is -2.11. The molecule has 0 saturated heterocycles. The van der Waals surface area contributed by atoms with Gasteiger partial charge in [0.2, 0.25) is 0 Å². The molecule has 3 aromatic heterocycles. The Hall–Kier alpha value is -3.00. The van der Waals surface area contributed by atoms with E-state index in [2.05, 4.69) is 20.3 Å². The molecule has 3 rings (SSSR count). The first-order chi connectivity index (χ1) is 11.5. The van der Waals surface area contributed by atoms with Crippen molar-refractivity contribution in [1.29, 1.82) is 0 Å². The topological polar surface area (TPSA) is 96.2 Å². The summed E-state index contributed by atoms with van der Waals surface area (Å²) in [6, 6.07) is 5.16. The van der Waals surface area contributed by atoms with E-state index in [0.29, 0.717) is 22.7 Å². The van der Waals surface area contributed by atoms with Crippen LogP contribution in [0.4, 0.5) is 11.6 Å². The second-order valence-electron chi connectivity index (χ2n) is 5.54. The van der Waals surface area contributed by atoms with Gasteiger partial charge in [-0.15, -0.1) is 0 Å². The fourth-order valence-electron chi connectivity index (χ4n) is 2.55. The third-order valence-corrected chi connectivity index (χ3v) is 3.75. The van der Waals surface area contributed by atoms with Crippen molar-refractivity contribution in [1.82, 2.24) is 19.5 Å². The number of aliphatic hydroxyl groups is 1. The Morgan fingerprint density at radius 1 is 1.33 bits per heavy atom. The minimum absolute atomic E-state index is 0.200. The molecule has 1 amide bonds. The fraction of sp³-hybridized carbons (Fsp3) is 0.250. The Morgan fingerprint density at radius 2 is 2.12 bits per heavy atom. The minimum atomic E-state index is -0.325. The van der Waals surface area contributed by atoms with Gasteiger partial charge >= 0.3 is 0 Å². The van der Waals surface area contributed by atoms with Crippen LogP contribution in [-0.4, -0.2) is 44.6 Å². The maximum Gasteiger partial charge on any atom is 0.273 e. The molecule has 0 aliphatic heterocycles. The molecule has 8 heteroatoms. The Balaban J connectivity index is 2.01. The van der Waals surface area contributed by atoms with Crippen LogP contribution in [-0.2, 0) is 13.7 Å². The molecular formula is C16H18N6O2. The van der Waals surface area contributed by atoms with Gasteiger partial charge < -0.3 is 19.9 Å². The van der Waals surface area contributed by atoms with Gasteiger partial charge in [0.15, 0.2) is 0 Å². The standard InChI is InChI=1S/C16H18N6O2/c1-21(2)14-11-7-12(22(3)15(11)19-9-18-14)16(24)20-13-10(8-23)5-4-6-17-13/h4-7,9,23H,8H2,1-3H3,(H,17,20,24). The summed E-state index contributed by atoms with van der Waals surface area (Å²) in [7, 11) is 5.54. The molecule has 0 fully saturated rings. The molecule has 0 saturated carbocycles. The highest BCUT2D eigenvalue weighted by Gasteiger charge is 2.18. The number of carbonyl (C=O) groups is 1. The molecule has 0 unspecified atom stereocenters. The van der Waals surface area contributed by atoms with Crippen molar-refractivity contribution in [2.24, 2.45) is 7.05 Å². The highest BCUT2D eigenvalue weighted by molar-refractivity contribution is 6.07. The lowest BCUT2D eigenvalue weighted by molar-refractivity contribution is 0.101. The van der Waals surface area contributed by atoms with Crippen LogP contribution < -0.4 is 10.2 Å². The van der Waals surface area contributed by atoms with E-state index in [9.17, 15) is 9.90 Å². The first-order valence-electron chi connectivity index (χ1n) is 7.36. The second-order valence-corrected chi connectivity index (χ2v) is 5.54. The minimum Gasteiger partial charge on any atom is -0.392 e. The van der Waals surface area contributed by atoms with Gasteiger partial charge in [-0.3, -0.25) is 4.79 Å². The summed E-state index contributed by atoms with van der Waals surface area (Å²) in [5.74, 6) is 0.756. The molecule has 0 bridgehead atoms. The van der Waals surface area contributed by atoms with Crippen LogP contribution in [0.15, 0.2) is 30.7 Å². The van der Waals surface area contributed by atoms with Gasteiger partial charge in [0, 0.05) is 32.9 Å². The van der Waals surface area contributed by atoms with Crippen LogP contribution >= 0.6 is 0 Å². The highest BCUT2D eigenvalue weighted by Crippen LogP contribution is 2.25. The summed E-state index contributed by atoms with van der Waals surface area (Å²) in [6.07, 6.45) is 3.04. The summed E-state index contributed by atoms with van der Waals surface area (Å²) >= 11 is 0. The van der Waals surface area contributed by atoms with Crippen LogP contribution in [0, 0.1) is 0 Å². The lowest BCUT2D eigenvalue weighted by atomic mass is 10.2. The molecule has 0 aliphatic rings. The van der Waals surface area contributed by atoms with E-state index in [0.717, 1.165) is 11.2 Å². The SMILES string of the molecule is CN(C)c1ncnc2c1cc(C(=O)Nc1ncccc1CO)n2C. The number of rotatable bonds is 4. The molecule has 0 atom stereocenters. The van der Waals surface area contributed by atoms with Crippen molar-refractivity contribution in [3.05, 3.63) is 42.0 Å². The molecule has 3 aromatic rings. The number of fused-ring (bicyclic) bond motifs is 1. The van der Waals surface area contributed by atoms with Gasteiger partial charge in [-0.1, -0.05) is 6.07 Å². The number of hydrogen-bond donors (Lipinski definition) is 2. The van der Waals surface area contributed by atoms with Crippen LogP contribution in [0.2, 0.25) is 0 Å². The zero-order chi connectivity index (χ0) is 17.3. The normalized spacial score (nSPS) is 10.8. The van der Waals surface area contributed by atoms with E-state index < -0.39 is 0 Å². The molecule has 2 N–H and O–H groups in total. The number of nitrogens with zero attached hydrogens (tertiary/aromatic N) is 5. The van der Waals surface area contributed by atoms with Crippen LogP contribution in [0.3, 0.4) is 0 Å². The molecule has 0 aromatic carbocycles. The van der Waals surface area contributed by atoms with Crippen LogP contribution in [0.5, 0.6) is 0 Å². The monoisotopic (exact) mass is 326 g/mol. The Labute approximate surface area is 138 Å². The van der Waals surface area contributed by atoms with Crippen molar-refractivity contribution in [2.75, 3.05) is 24.3 Å². The predicted octanol–water partition coefficient (Wildman–Crippen LogP) is 1.17. The number of aliphatic hydroxyl groups excluding tert-OH is 1. The first kappa shape index (κ1) is 15.9. The van der Waals surface area contributed by atoms with Gasteiger partial charge in [0.05, 0.1) is 12.0 Å². The quantitative estimate of drug-likeness (QED) is 0.747. The maximum atomic E-state index is 12.6. The molecule has 24 heavy (non-hydrogen) atoms. The molecule has 0 aliphatic carbocycles. The summed E-state index contributed by atoms with van der Waals surface area (Å²) in [5, 5.41) is 12.9. The number of aryl methyl sites for hydroxylation is 1. The van der Waals surface area contributed by atoms with Crippen LogP contribution in [0.25, 0.3) is 11.0 Å². The van der Waals surface area contributed by atoms with Crippen molar-refractivity contribution < 1.29 is 9.90 Å². The Kier molecular flexibility index (Phi) is 4.13. The summed E-state index contributed by atoms with van der Waals surface area (Å²) < 4.78 is 1.71. The lowest BCUT2D eigenvalue weighted by Crippen LogP contribution is -2.17. The average Bonchev–Trinajstić information content (AvgIpc) is 2.92. The third kappa shape index (κ3) is 2.67. The van der Waals surface area contributed by atoms with Gasteiger partial charge in [-0.2, -0.15) is 0 Å². The highest BCUT2D eigenvalue weighted by atomic mass is 16.3. The molecule has 0 radical (unpaired) electrons. The largest absolute Gasteiger partial charge is 0.392 e. The summed E-state index contributed by atoms with van der Waals surface area (Å²) in [6.45, 7) is -0.200. The van der Waals surface area contributed by atoms with Crippen molar-refractivity contribution in [2.45, 2.75) is 6.61 Å². The van der Waals surface area contributed by atoms with Gasteiger partial charge in [0.25, 0.3) is 5.91 Å². The fourth-order valence-corrected chi connectivity index (χ4v) is 2.55. The molecule has 0 spiro atoms. The van der Waals surface area contributed by atoms with Crippen molar-refractivity contribution in [3.63, 3.8) is 0 Å². The zero-order valence-electron chi connectivity index (χ0n) is 13.7. The van der Waals surface area contributed by atoms with Crippen LogP contribution in [0.1, 0.15) is 16.1 Å². The maximum absolute atomic E-state index is 12.6. The van der Waals surface area contributed by atoms with Crippen molar-refractivity contribution in [3.8, 4) is 0 Å². The number of nitrogens with one attached hydrogen (secondary N) is 1. The number of hydrogen-bond acceptors (Lipinski definition) is 6. The summed E-state index contributed by atoms with van der Waals surface area (Å²) in [4.78, 5) is 27.1. The molecular weight excluding hydrogens is 308 g/mol. The number of aromatic nitrogens is 4. The number of carbonyl (C=O) groups excluding carboxylic acids is 1. The van der Waals surface area contributed by atoms with Gasteiger partial charge in [0.1, 0.15) is 29.3 Å². The first-order valence-corrected chi connectivity index (χ1v) is 7.36. The van der Waals surface area contributed by atoms with Gasteiger partial charge in [-0.25, -0.2) is 15.0 Å². The van der Waals surface area contributed by atoms with E-state index in [1.807, 2.05) is 19.0 Å².